The molecule has 1 amide bonds. The minimum atomic E-state index is -1.07. The Kier molecular flexibility index (Phi) is 4.89. The van der Waals surface area contributed by atoms with Gasteiger partial charge in [0.15, 0.2) is 6.10 Å². The number of methoxy groups -OCH3 is 1. The highest BCUT2D eigenvalue weighted by Crippen LogP contribution is 2.18. The van der Waals surface area contributed by atoms with Gasteiger partial charge in [-0.3, -0.25) is 4.79 Å². The van der Waals surface area contributed by atoms with Gasteiger partial charge in [-0.1, -0.05) is 0 Å². The minimum absolute atomic E-state index is 0.0120. The van der Waals surface area contributed by atoms with Crippen LogP contribution in [0.1, 0.15) is 26.2 Å². The Bertz CT molecular complexity index is 287. The summed E-state index contributed by atoms with van der Waals surface area (Å²) in [5.41, 5.74) is -0.588. The van der Waals surface area contributed by atoms with E-state index in [0.29, 0.717) is 0 Å². The topological polar surface area (TPSA) is 87.7 Å². The Morgan fingerprint density at radius 2 is 2.24 bits per heavy atom. The van der Waals surface area contributed by atoms with Gasteiger partial charge < -0.3 is 20.5 Å². The molecule has 0 aliphatic carbocycles. The number of amides is 1. The maximum absolute atomic E-state index is 11.9. The molecule has 2 atom stereocenters. The van der Waals surface area contributed by atoms with Gasteiger partial charge in [0.1, 0.15) is 0 Å². The molecule has 6 nitrogen and oxygen atoms in total. The predicted molar refractivity (Wildman–Crippen MR) is 61.7 cm³/mol. The second-order valence-electron chi connectivity index (χ2n) is 4.49. The summed E-state index contributed by atoms with van der Waals surface area (Å²) in [4.78, 5) is 22.6. The third kappa shape index (κ3) is 3.67. The van der Waals surface area contributed by atoms with E-state index in [9.17, 15) is 9.59 Å². The molecule has 1 aliphatic rings. The molecule has 0 aromatic carbocycles. The molecule has 1 saturated heterocycles. The Hall–Kier alpha value is -1.14. The standard InChI is InChI=1S/C11H20N2O4/c1-11(5-3-4-6-13-11)10(16)12-7-8(17-2)9(14)15/h8,13H,3-7H2,1-2H3,(H,12,16)(H,14,15). The molecule has 2 unspecified atom stereocenters. The number of ether oxygens (including phenoxy) is 1. The van der Waals surface area contributed by atoms with Crippen LogP contribution in [0.4, 0.5) is 0 Å². The lowest BCUT2D eigenvalue weighted by molar-refractivity contribution is -0.148. The summed E-state index contributed by atoms with van der Waals surface area (Å²) in [6.07, 6.45) is 1.84. The normalized spacial score (nSPS) is 26.2. The van der Waals surface area contributed by atoms with Crippen LogP contribution in [-0.4, -0.2) is 48.8 Å². The molecular weight excluding hydrogens is 224 g/mol. The lowest BCUT2D eigenvalue weighted by Crippen LogP contribution is -2.58. The molecule has 1 aliphatic heterocycles. The largest absolute Gasteiger partial charge is 0.479 e. The van der Waals surface area contributed by atoms with Gasteiger partial charge in [0.25, 0.3) is 0 Å². The average molecular weight is 244 g/mol. The monoisotopic (exact) mass is 244 g/mol. The zero-order valence-corrected chi connectivity index (χ0v) is 10.3. The van der Waals surface area contributed by atoms with E-state index < -0.39 is 17.6 Å². The van der Waals surface area contributed by atoms with E-state index in [1.807, 2.05) is 6.92 Å². The fraction of sp³-hybridized carbons (Fsp3) is 0.818. The van der Waals surface area contributed by atoms with Crippen molar-refractivity contribution in [2.24, 2.45) is 0 Å². The van der Waals surface area contributed by atoms with Crippen LogP contribution >= 0.6 is 0 Å². The number of aliphatic carboxylic acids is 1. The van der Waals surface area contributed by atoms with Crippen molar-refractivity contribution >= 4 is 11.9 Å². The molecule has 0 saturated carbocycles. The molecule has 0 bridgehead atoms. The Morgan fingerprint density at radius 1 is 1.53 bits per heavy atom. The van der Waals surface area contributed by atoms with Crippen molar-refractivity contribution in [3.8, 4) is 0 Å². The van der Waals surface area contributed by atoms with Gasteiger partial charge in [0.05, 0.1) is 12.1 Å². The second kappa shape index (κ2) is 5.97. The third-order valence-corrected chi connectivity index (χ3v) is 3.13. The highest BCUT2D eigenvalue weighted by molar-refractivity contribution is 5.86. The van der Waals surface area contributed by atoms with E-state index in [-0.39, 0.29) is 12.5 Å². The number of nitrogens with one attached hydrogen (secondary N) is 2. The first kappa shape index (κ1) is 13.9. The SMILES string of the molecule is COC(CNC(=O)C1(C)CCCCN1)C(=O)O. The van der Waals surface area contributed by atoms with Gasteiger partial charge in [0, 0.05) is 7.11 Å². The third-order valence-electron chi connectivity index (χ3n) is 3.13. The lowest BCUT2D eigenvalue weighted by atomic mass is 9.90. The number of piperidine rings is 1. The fourth-order valence-corrected chi connectivity index (χ4v) is 1.90. The van der Waals surface area contributed by atoms with Gasteiger partial charge in [-0.05, 0) is 32.7 Å². The maximum atomic E-state index is 11.9. The smallest absolute Gasteiger partial charge is 0.334 e. The van der Waals surface area contributed by atoms with Crippen molar-refractivity contribution in [1.82, 2.24) is 10.6 Å². The van der Waals surface area contributed by atoms with Crippen LogP contribution in [-0.2, 0) is 14.3 Å². The van der Waals surface area contributed by atoms with E-state index in [2.05, 4.69) is 10.6 Å². The molecule has 1 rings (SSSR count). The van der Waals surface area contributed by atoms with E-state index in [1.165, 1.54) is 7.11 Å². The van der Waals surface area contributed by atoms with E-state index in [4.69, 9.17) is 9.84 Å². The quantitative estimate of drug-likeness (QED) is 0.620. The van der Waals surface area contributed by atoms with Crippen molar-refractivity contribution < 1.29 is 19.4 Å². The summed E-state index contributed by atoms with van der Waals surface area (Å²) < 4.78 is 4.75. The molecule has 0 aromatic rings. The first-order valence-corrected chi connectivity index (χ1v) is 5.78. The van der Waals surface area contributed by atoms with Crippen LogP contribution < -0.4 is 10.6 Å². The van der Waals surface area contributed by atoms with Crippen LogP contribution in [0.25, 0.3) is 0 Å². The number of rotatable bonds is 5. The summed E-state index contributed by atoms with van der Waals surface area (Å²) in [7, 11) is 1.31. The number of carbonyl (C=O) groups excluding carboxylic acids is 1. The van der Waals surface area contributed by atoms with E-state index >= 15 is 0 Å². The molecule has 17 heavy (non-hydrogen) atoms. The number of hydrogen-bond acceptors (Lipinski definition) is 4. The number of hydrogen-bond donors (Lipinski definition) is 3. The van der Waals surface area contributed by atoms with Crippen molar-refractivity contribution in [3.05, 3.63) is 0 Å². The Balaban J connectivity index is 2.45. The zero-order chi connectivity index (χ0) is 12.9. The zero-order valence-electron chi connectivity index (χ0n) is 10.3. The average Bonchev–Trinajstić information content (AvgIpc) is 2.30. The second-order valence-corrected chi connectivity index (χ2v) is 4.49. The molecule has 0 spiro atoms. The molecule has 1 fully saturated rings. The van der Waals surface area contributed by atoms with E-state index in [1.54, 1.807) is 0 Å². The number of carboxylic acid groups (broad SMARTS) is 1. The minimum Gasteiger partial charge on any atom is -0.479 e. The number of carboxylic acids is 1. The summed E-state index contributed by atoms with van der Waals surface area (Å²) >= 11 is 0. The molecular formula is C11H20N2O4. The molecule has 6 heteroatoms. The first-order valence-electron chi connectivity index (χ1n) is 5.78. The van der Waals surface area contributed by atoms with Crippen molar-refractivity contribution in [2.75, 3.05) is 20.2 Å². The van der Waals surface area contributed by atoms with Crippen LogP contribution in [0.5, 0.6) is 0 Å². The van der Waals surface area contributed by atoms with Gasteiger partial charge in [-0.25, -0.2) is 4.79 Å². The molecule has 0 aromatic heterocycles. The van der Waals surface area contributed by atoms with Crippen LogP contribution in [0, 0.1) is 0 Å². The first-order chi connectivity index (χ1) is 7.99. The maximum Gasteiger partial charge on any atom is 0.334 e. The van der Waals surface area contributed by atoms with Crippen LogP contribution in [0.3, 0.4) is 0 Å². The van der Waals surface area contributed by atoms with Gasteiger partial charge in [0.2, 0.25) is 5.91 Å². The molecule has 1 heterocycles. The van der Waals surface area contributed by atoms with Crippen molar-refractivity contribution in [3.63, 3.8) is 0 Å². The van der Waals surface area contributed by atoms with Gasteiger partial charge in [-0.15, -0.1) is 0 Å². The fourth-order valence-electron chi connectivity index (χ4n) is 1.90. The Morgan fingerprint density at radius 3 is 2.71 bits per heavy atom. The van der Waals surface area contributed by atoms with Gasteiger partial charge >= 0.3 is 5.97 Å². The predicted octanol–water partition coefficient (Wildman–Crippen LogP) is -0.266. The summed E-state index contributed by atoms with van der Waals surface area (Å²) in [5, 5.41) is 14.6. The molecule has 3 N–H and O–H groups in total. The highest BCUT2D eigenvalue weighted by atomic mass is 16.5. The highest BCUT2D eigenvalue weighted by Gasteiger charge is 2.34. The molecule has 0 radical (unpaired) electrons. The van der Waals surface area contributed by atoms with Crippen LogP contribution in [0.15, 0.2) is 0 Å². The molecule has 98 valence electrons. The summed E-state index contributed by atoms with van der Waals surface area (Å²) in [5.74, 6) is -1.24. The Labute approximate surface area is 101 Å². The van der Waals surface area contributed by atoms with Crippen molar-refractivity contribution in [1.29, 1.82) is 0 Å². The number of carbonyl (C=O) groups is 2. The summed E-state index contributed by atoms with van der Waals surface area (Å²) in [6.45, 7) is 2.64. The van der Waals surface area contributed by atoms with E-state index in [0.717, 1.165) is 25.8 Å². The lowest BCUT2D eigenvalue weighted by Gasteiger charge is -2.33. The van der Waals surface area contributed by atoms with Crippen molar-refractivity contribution in [2.45, 2.75) is 37.8 Å². The van der Waals surface area contributed by atoms with Gasteiger partial charge in [-0.2, -0.15) is 0 Å². The summed E-state index contributed by atoms with van der Waals surface area (Å²) in [6, 6.07) is 0. The van der Waals surface area contributed by atoms with Crippen LogP contribution in [0.2, 0.25) is 0 Å².